The zero-order valence-electron chi connectivity index (χ0n) is 7.17. The van der Waals surface area contributed by atoms with Gasteiger partial charge in [-0.15, -0.1) is 0 Å². The van der Waals surface area contributed by atoms with E-state index in [2.05, 4.69) is 5.43 Å². The molecule has 1 unspecified atom stereocenters. The summed E-state index contributed by atoms with van der Waals surface area (Å²) in [5, 5.41) is 1.93. The van der Waals surface area contributed by atoms with Crippen LogP contribution >= 0.6 is 0 Å². The average Bonchev–Trinajstić information content (AvgIpc) is 2.03. The molecular weight excluding hydrogens is 144 g/mol. The Kier molecular flexibility index (Phi) is 3.79. The van der Waals surface area contributed by atoms with Crippen molar-refractivity contribution in [2.24, 2.45) is 0 Å². The van der Waals surface area contributed by atoms with E-state index in [0.717, 1.165) is 19.6 Å². The molecule has 0 aromatic heterocycles. The Morgan fingerprint density at radius 3 is 2.91 bits per heavy atom. The first kappa shape index (κ1) is 8.93. The summed E-state index contributed by atoms with van der Waals surface area (Å²) in [6.07, 6.45) is 1.30. The largest absolute Gasteiger partial charge is 0.355 e. The third-order valence-electron chi connectivity index (χ3n) is 1.61. The average molecular weight is 160 g/mol. The summed E-state index contributed by atoms with van der Waals surface area (Å²) in [4.78, 5) is 0. The van der Waals surface area contributed by atoms with Gasteiger partial charge in [0.1, 0.15) is 6.79 Å². The third-order valence-corrected chi connectivity index (χ3v) is 1.61. The van der Waals surface area contributed by atoms with Crippen molar-refractivity contribution in [3.63, 3.8) is 0 Å². The highest BCUT2D eigenvalue weighted by atomic mass is 16.7. The van der Waals surface area contributed by atoms with E-state index in [-0.39, 0.29) is 0 Å². The van der Waals surface area contributed by atoms with Crippen molar-refractivity contribution < 1.29 is 9.47 Å². The van der Waals surface area contributed by atoms with Gasteiger partial charge in [-0.3, -0.25) is 10.4 Å². The number of ether oxygens (including phenoxy) is 2. The Morgan fingerprint density at radius 2 is 2.36 bits per heavy atom. The van der Waals surface area contributed by atoms with Crippen molar-refractivity contribution in [1.29, 1.82) is 0 Å². The van der Waals surface area contributed by atoms with Crippen LogP contribution in [0.2, 0.25) is 0 Å². The molecule has 1 aliphatic rings. The van der Waals surface area contributed by atoms with Crippen LogP contribution in [0.1, 0.15) is 6.42 Å². The number of rotatable bonds is 3. The van der Waals surface area contributed by atoms with Crippen molar-refractivity contribution >= 4 is 0 Å². The van der Waals surface area contributed by atoms with Crippen LogP contribution in [0.3, 0.4) is 0 Å². The Labute approximate surface area is 67.4 Å². The van der Waals surface area contributed by atoms with Gasteiger partial charge in [-0.2, -0.15) is 0 Å². The summed E-state index contributed by atoms with van der Waals surface area (Å²) < 4.78 is 10.4. The summed E-state index contributed by atoms with van der Waals surface area (Å²) in [6, 6.07) is 0. The molecule has 66 valence electrons. The molecule has 1 rings (SSSR count). The molecule has 4 nitrogen and oxygen atoms in total. The topological polar surface area (TPSA) is 33.7 Å². The van der Waals surface area contributed by atoms with Crippen LogP contribution in [0.25, 0.3) is 0 Å². The molecule has 0 bridgehead atoms. The molecule has 1 atom stereocenters. The normalized spacial score (nSPS) is 25.9. The van der Waals surface area contributed by atoms with E-state index < -0.39 is 0 Å². The second kappa shape index (κ2) is 4.66. The molecule has 0 amide bonds. The predicted octanol–water partition coefficient (Wildman–Crippen LogP) is -0.184. The van der Waals surface area contributed by atoms with Crippen molar-refractivity contribution in [3.8, 4) is 0 Å². The molecule has 1 heterocycles. The highest BCUT2D eigenvalue weighted by Crippen LogP contribution is 2.03. The fourth-order valence-corrected chi connectivity index (χ4v) is 0.947. The van der Waals surface area contributed by atoms with Crippen LogP contribution in [-0.4, -0.2) is 45.2 Å². The fraction of sp³-hybridized carbons (Fsp3) is 1.00. The third kappa shape index (κ3) is 3.67. The van der Waals surface area contributed by atoms with Crippen LogP contribution in [-0.2, 0) is 9.47 Å². The second-order valence-electron chi connectivity index (χ2n) is 2.86. The maximum atomic E-state index is 5.32. The SMILES string of the molecule is CN(C)NCC1CCOCO1. The molecule has 4 heteroatoms. The van der Waals surface area contributed by atoms with Crippen molar-refractivity contribution in [3.05, 3.63) is 0 Å². The van der Waals surface area contributed by atoms with Gasteiger partial charge in [-0.1, -0.05) is 0 Å². The Balaban J connectivity index is 2.05. The zero-order chi connectivity index (χ0) is 8.10. The number of hydrazine groups is 1. The van der Waals surface area contributed by atoms with E-state index in [1.54, 1.807) is 0 Å². The lowest BCUT2D eigenvalue weighted by Crippen LogP contribution is -2.40. The van der Waals surface area contributed by atoms with E-state index >= 15 is 0 Å². The van der Waals surface area contributed by atoms with Crippen LogP contribution in [0.5, 0.6) is 0 Å². The molecular formula is C7H16N2O2. The van der Waals surface area contributed by atoms with Gasteiger partial charge in [-0.25, -0.2) is 0 Å². The molecule has 0 radical (unpaired) electrons. The summed E-state index contributed by atoms with van der Waals surface area (Å²) >= 11 is 0. The highest BCUT2D eigenvalue weighted by molar-refractivity contribution is 4.61. The van der Waals surface area contributed by atoms with Gasteiger partial charge in [0, 0.05) is 20.6 Å². The van der Waals surface area contributed by atoms with Crippen LogP contribution < -0.4 is 5.43 Å². The maximum Gasteiger partial charge on any atom is 0.147 e. The second-order valence-corrected chi connectivity index (χ2v) is 2.86. The van der Waals surface area contributed by atoms with Crippen molar-refractivity contribution in [2.75, 3.05) is 34.0 Å². The van der Waals surface area contributed by atoms with Gasteiger partial charge >= 0.3 is 0 Å². The van der Waals surface area contributed by atoms with E-state index in [9.17, 15) is 0 Å². The van der Waals surface area contributed by atoms with E-state index in [1.165, 1.54) is 0 Å². The lowest BCUT2D eigenvalue weighted by atomic mass is 10.2. The van der Waals surface area contributed by atoms with E-state index in [4.69, 9.17) is 9.47 Å². The molecule has 11 heavy (non-hydrogen) atoms. The zero-order valence-corrected chi connectivity index (χ0v) is 7.17. The molecule has 1 fully saturated rings. The lowest BCUT2D eigenvalue weighted by Gasteiger charge is -2.24. The van der Waals surface area contributed by atoms with Gasteiger partial charge in [0.2, 0.25) is 0 Å². The number of hydrogen-bond donors (Lipinski definition) is 1. The molecule has 1 N–H and O–H groups in total. The number of nitrogens with one attached hydrogen (secondary N) is 1. The minimum absolute atomic E-state index is 0.311. The highest BCUT2D eigenvalue weighted by Gasteiger charge is 2.13. The molecule has 1 aliphatic heterocycles. The molecule has 0 saturated carbocycles. The van der Waals surface area contributed by atoms with Crippen LogP contribution in [0.15, 0.2) is 0 Å². The van der Waals surface area contributed by atoms with Gasteiger partial charge in [0.15, 0.2) is 0 Å². The Morgan fingerprint density at radius 1 is 1.55 bits per heavy atom. The Bertz CT molecular complexity index is 103. The minimum Gasteiger partial charge on any atom is -0.355 e. The van der Waals surface area contributed by atoms with Gasteiger partial charge in [0.25, 0.3) is 0 Å². The summed E-state index contributed by atoms with van der Waals surface area (Å²) in [5.74, 6) is 0. The maximum absolute atomic E-state index is 5.32. The van der Waals surface area contributed by atoms with Crippen LogP contribution in [0, 0.1) is 0 Å². The smallest absolute Gasteiger partial charge is 0.147 e. The molecule has 0 aromatic carbocycles. The predicted molar refractivity (Wildman–Crippen MR) is 42.0 cm³/mol. The van der Waals surface area contributed by atoms with Gasteiger partial charge < -0.3 is 9.47 Å². The van der Waals surface area contributed by atoms with Crippen molar-refractivity contribution in [2.45, 2.75) is 12.5 Å². The van der Waals surface area contributed by atoms with Crippen molar-refractivity contribution in [1.82, 2.24) is 10.4 Å². The molecule has 1 saturated heterocycles. The van der Waals surface area contributed by atoms with Crippen LogP contribution in [0.4, 0.5) is 0 Å². The van der Waals surface area contributed by atoms with Gasteiger partial charge in [0.05, 0.1) is 12.7 Å². The first-order chi connectivity index (χ1) is 5.29. The van der Waals surface area contributed by atoms with E-state index in [0.29, 0.717) is 12.9 Å². The summed E-state index contributed by atoms with van der Waals surface area (Å²) in [6.45, 7) is 2.13. The number of hydrogen-bond acceptors (Lipinski definition) is 4. The molecule has 0 aromatic rings. The lowest BCUT2D eigenvalue weighted by molar-refractivity contribution is -0.139. The fourth-order valence-electron chi connectivity index (χ4n) is 0.947. The number of nitrogens with zero attached hydrogens (tertiary/aromatic N) is 1. The first-order valence-electron chi connectivity index (χ1n) is 3.89. The summed E-state index contributed by atoms with van der Waals surface area (Å²) in [5.41, 5.74) is 3.17. The minimum atomic E-state index is 0.311. The molecule has 0 aliphatic carbocycles. The van der Waals surface area contributed by atoms with E-state index in [1.807, 2.05) is 19.1 Å². The van der Waals surface area contributed by atoms with Gasteiger partial charge in [-0.05, 0) is 6.42 Å². The monoisotopic (exact) mass is 160 g/mol. The standard InChI is InChI=1S/C7H16N2O2/c1-9(2)8-5-7-3-4-10-6-11-7/h7-8H,3-6H2,1-2H3. The molecule has 0 spiro atoms. The quantitative estimate of drug-likeness (QED) is 0.580. The first-order valence-corrected chi connectivity index (χ1v) is 3.89. The Hall–Kier alpha value is -0.160. The summed E-state index contributed by atoms with van der Waals surface area (Å²) in [7, 11) is 3.94.